The highest BCUT2D eigenvalue weighted by Crippen LogP contribution is 2.63. The summed E-state index contributed by atoms with van der Waals surface area (Å²) in [6.07, 6.45) is 0. The third kappa shape index (κ3) is 4.67. The second kappa shape index (κ2) is 8.80. The summed E-state index contributed by atoms with van der Waals surface area (Å²) in [7, 11) is 0. The van der Waals surface area contributed by atoms with E-state index in [1.165, 1.54) is 0 Å². The van der Waals surface area contributed by atoms with Crippen molar-refractivity contribution < 1.29 is 89.3 Å². The monoisotopic (exact) mass is 546 g/mol. The van der Waals surface area contributed by atoms with Gasteiger partial charge in [-0.25, -0.2) is 0 Å². The summed E-state index contributed by atoms with van der Waals surface area (Å²) in [5, 5.41) is 0. The van der Waals surface area contributed by atoms with E-state index < -0.39 is 72.5 Å². The van der Waals surface area contributed by atoms with Crippen LogP contribution in [0.4, 0.5) is 70.2 Å². The van der Waals surface area contributed by atoms with Crippen molar-refractivity contribution in [2.75, 3.05) is 13.2 Å². The van der Waals surface area contributed by atoms with Gasteiger partial charge in [-0.2, -0.15) is 70.2 Å². The Bertz CT molecular complexity index is 712. The molecule has 4 nitrogen and oxygen atoms in total. The van der Waals surface area contributed by atoms with E-state index in [4.69, 9.17) is 0 Å². The standard InChI is InChI=1S/C14H10F16O4/c1-5(31)33-3-7(15,16)9(19,20)11(23,24)13(27,28)14(29,30)12(25,26)10(21,22)8(17,18)4-34-6(2)32/h3-4H2,1-2H3. The van der Waals surface area contributed by atoms with Crippen LogP contribution in [0, 0.1) is 0 Å². The molecule has 0 aromatic rings. The average molecular weight is 546 g/mol. The van der Waals surface area contributed by atoms with Gasteiger partial charge in [-0.05, 0) is 0 Å². The predicted octanol–water partition coefficient (Wildman–Crippen LogP) is 5.20. The Labute approximate surface area is 177 Å². The SMILES string of the molecule is CC(=O)OCC(F)(F)C(F)(F)C(F)(F)C(F)(F)C(F)(F)C(F)(F)C(F)(F)C(F)(F)COC(C)=O. The zero-order chi connectivity index (χ0) is 28.0. The third-order valence-electron chi connectivity index (χ3n) is 3.80. The fourth-order valence-electron chi connectivity index (χ4n) is 1.81. The summed E-state index contributed by atoms with van der Waals surface area (Å²) in [5.41, 5.74) is 0. The smallest absolute Gasteiger partial charge is 0.385 e. The Hall–Kier alpha value is -2.18. The first-order valence-electron chi connectivity index (χ1n) is 7.87. The number of alkyl halides is 16. The Morgan fingerprint density at radius 3 is 0.794 bits per heavy atom. The highest BCUT2D eigenvalue weighted by Gasteiger charge is 2.94. The lowest BCUT2D eigenvalue weighted by Crippen LogP contribution is -2.75. The summed E-state index contributed by atoms with van der Waals surface area (Å²) in [5.74, 6) is -66.8. The predicted molar refractivity (Wildman–Crippen MR) is 72.8 cm³/mol. The van der Waals surface area contributed by atoms with Crippen LogP contribution in [0.1, 0.15) is 13.8 Å². The molecule has 0 fully saturated rings. The molecule has 0 radical (unpaired) electrons. The van der Waals surface area contributed by atoms with Crippen molar-refractivity contribution in [2.45, 2.75) is 61.2 Å². The van der Waals surface area contributed by atoms with Crippen molar-refractivity contribution in [3.63, 3.8) is 0 Å². The van der Waals surface area contributed by atoms with Gasteiger partial charge in [0.15, 0.2) is 13.2 Å². The topological polar surface area (TPSA) is 52.6 Å². The molecule has 0 atom stereocenters. The molecular formula is C14H10F16O4. The highest BCUT2D eigenvalue weighted by atomic mass is 19.4. The number of halogens is 16. The first kappa shape index (κ1) is 31.8. The van der Waals surface area contributed by atoms with E-state index in [0.717, 1.165) is 0 Å². The minimum absolute atomic E-state index is 0.188. The van der Waals surface area contributed by atoms with E-state index in [-0.39, 0.29) is 13.8 Å². The van der Waals surface area contributed by atoms with Gasteiger partial charge in [0.2, 0.25) is 0 Å². The molecule has 202 valence electrons. The van der Waals surface area contributed by atoms with Crippen molar-refractivity contribution in [1.82, 2.24) is 0 Å². The van der Waals surface area contributed by atoms with Crippen molar-refractivity contribution in [3.05, 3.63) is 0 Å². The maximum absolute atomic E-state index is 13.6. The molecule has 0 aliphatic rings. The van der Waals surface area contributed by atoms with Crippen LogP contribution in [0.25, 0.3) is 0 Å². The largest absolute Gasteiger partial charge is 0.459 e. The number of hydrogen-bond donors (Lipinski definition) is 0. The molecule has 20 heteroatoms. The molecule has 0 aromatic carbocycles. The number of rotatable bonds is 11. The quantitative estimate of drug-likeness (QED) is 0.265. The lowest BCUT2D eigenvalue weighted by Gasteiger charge is -2.43. The van der Waals surface area contributed by atoms with Gasteiger partial charge in [-0.15, -0.1) is 0 Å². The van der Waals surface area contributed by atoms with Gasteiger partial charge in [0.25, 0.3) is 0 Å². The van der Waals surface area contributed by atoms with E-state index in [1.54, 1.807) is 0 Å². The van der Waals surface area contributed by atoms with E-state index in [9.17, 15) is 79.8 Å². The summed E-state index contributed by atoms with van der Waals surface area (Å²) < 4.78 is 222. The molecule has 0 bridgehead atoms. The van der Waals surface area contributed by atoms with Gasteiger partial charge in [0.05, 0.1) is 0 Å². The molecule has 0 saturated carbocycles. The van der Waals surface area contributed by atoms with Gasteiger partial charge in [-0.3, -0.25) is 9.59 Å². The van der Waals surface area contributed by atoms with E-state index in [1.807, 2.05) is 0 Å². The third-order valence-corrected chi connectivity index (χ3v) is 3.80. The van der Waals surface area contributed by atoms with Crippen LogP contribution >= 0.6 is 0 Å². The summed E-state index contributed by atoms with van der Waals surface area (Å²) >= 11 is 0. The maximum Gasteiger partial charge on any atom is 0.385 e. The molecule has 0 aliphatic carbocycles. The van der Waals surface area contributed by atoms with Gasteiger partial charge in [0, 0.05) is 13.8 Å². The van der Waals surface area contributed by atoms with E-state index in [0.29, 0.717) is 0 Å². The molecule has 0 amide bonds. The van der Waals surface area contributed by atoms with Crippen molar-refractivity contribution >= 4 is 11.9 Å². The number of ether oxygens (including phenoxy) is 2. The van der Waals surface area contributed by atoms with Crippen molar-refractivity contribution in [3.8, 4) is 0 Å². The normalized spacial score (nSPS) is 15.2. The molecule has 0 unspecified atom stereocenters. The molecule has 0 saturated heterocycles. The molecule has 0 aliphatic heterocycles. The first-order valence-corrected chi connectivity index (χ1v) is 7.87. The van der Waals surface area contributed by atoms with Crippen LogP contribution in [0.2, 0.25) is 0 Å². The lowest BCUT2D eigenvalue weighted by molar-refractivity contribution is -0.454. The number of hydrogen-bond acceptors (Lipinski definition) is 4. The second-order valence-electron chi connectivity index (χ2n) is 6.42. The molecule has 0 rings (SSSR count). The summed E-state index contributed by atoms with van der Waals surface area (Å²) in [4.78, 5) is 20.6. The lowest BCUT2D eigenvalue weighted by atomic mass is 9.88. The van der Waals surface area contributed by atoms with Crippen LogP contribution in [-0.2, 0) is 19.1 Å². The molecule has 0 heterocycles. The minimum atomic E-state index is -8.59. The van der Waals surface area contributed by atoms with Gasteiger partial charge in [-0.1, -0.05) is 0 Å². The van der Waals surface area contributed by atoms with Crippen LogP contribution in [-0.4, -0.2) is 72.5 Å². The number of carbonyl (C=O) groups excluding carboxylic acids is 2. The molecule has 0 spiro atoms. The number of esters is 2. The van der Waals surface area contributed by atoms with E-state index in [2.05, 4.69) is 9.47 Å². The maximum atomic E-state index is 13.6. The number of carbonyl (C=O) groups is 2. The van der Waals surface area contributed by atoms with Gasteiger partial charge in [0.1, 0.15) is 0 Å². The summed E-state index contributed by atoms with van der Waals surface area (Å²) in [6, 6.07) is 0. The fourth-order valence-corrected chi connectivity index (χ4v) is 1.81. The summed E-state index contributed by atoms with van der Waals surface area (Å²) in [6.45, 7) is -6.04. The minimum Gasteiger partial charge on any atom is -0.459 e. The Kier molecular flexibility index (Phi) is 8.23. The van der Waals surface area contributed by atoms with Crippen LogP contribution in [0.5, 0.6) is 0 Å². The Morgan fingerprint density at radius 2 is 0.618 bits per heavy atom. The van der Waals surface area contributed by atoms with Crippen LogP contribution in [0.3, 0.4) is 0 Å². The van der Waals surface area contributed by atoms with Gasteiger partial charge >= 0.3 is 59.3 Å². The average Bonchev–Trinajstić information content (AvgIpc) is 2.63. The van der Waals surface area contributed by atoms with Crippen LogP contribution in [0.15, 0.2) is 0 Å². The fraction of sp³-hybridized carbons (Fsp3) is 0.857. The van der Waals surface area contributed by atoms with Gasteiger partial charge < -0.3 is 9.47 Å². The zero-order valence-corrected chi connectivity index (χ0v) is 16.1. The zero-order valence-electron chi connectivity index (χ0n) is 16.1. The Morgan fingerprint density at radius 1 is 0.441 bits per heavy atom. The van der Waals surface area contributed by atoms with Crippen molar-refractivity contribution in [2.24, 2.45) is 0 Å². The highest BCUT2D eigenvalue weighted by molar-refractivity contribution is 5.66. The second-order valence-corrected chi connectivity index (χ2v) is 6.42. The molecule has 0 aromatic heterocycles. The first-order chi connectivity index (χ1) is 14.6. The molecular weight excluding hydrogens is 536 g/mol. The Balaban J connectivity index is 6.62. The molecule has 34 heavy (non-hydrogen) atoms. The molecule has 0 N–H and O–H groups in total. The van der Waals surface area contributed by atoms with E-state index >= 15 is 0 Å². The van der Waals surface area contributed by atoms with Crippen LogP contribution < -0.4 is 0 Å². The van der Waals surface area contributed by atoms with Crippen molar-refractivity contribution in [1.29, 1.82) is 0 Å².